The van der Waals surface area contributed by atoms with E-state index in [1.807, 2.05) is 0 Å². The molecule has 0 saturated carbocycles. The molecule has 2 aromatic heterocycles. The van der Waals surface area contributed by atoms with Crippen molar-refractivity contribution in [3.05, 3.63) is 47.3 Å². The number of anilines is 1. The van der Waals surface area contributed by atoms with Crippen LogP contribution in [0.5, 0.6) is 0 Å². The summed E-state index contributed by atoms with van der Waals surface area (Å²) in [6, 6.07) is 7.94. The van der Waals surface area contributed by atoms with Crippen LogP contribution in [0.25, 0.3) is 0 Å². The van der Waals surface area contributed by atoms with Gasteiger partial charge in [-0.2, -0.15) is 4.39 Å². The summed E-state index contributed by atoms with van der Waals surface area (Å²) in [5, 5.41) is 3.24. The van der Waals surface area contributed by atoms with Gasteiger partial charge in [0.05, 0.1) is 6.54 Å². The third-order valence-electron chi connectivity index (χ3n) is 1.79. The highest BCUT2D eigenvalue weighted by molar-refractivity contribution is 6.28. The lowest BCUT2D eigenvalue weighted by Gasteiger charge is -2.02. The Balaban J connectivity index is 1.99. The molecular formula is C10H8ClFN2O. The molecule has 78 valence electrons. The van der Waals surface area contributed by atoms with Crippen LogP contribution < -0.4 is 5.32 Å². The number of nitrogens with zero attached hydrogens (tertiary/aromatic N) is 1. The topological polar surface area (TPSA) is 38.1 Å². The first-order valence-electron chi connectivity index (χ1n) is 4.35. The lowest BCUT2D eigenvalue weighted by molar-refractivity contribution is 0.519. The Kier molecular flexibility index (Phi) is 2.87. The van der Waals surface area contributed by atoms with Crippen LogP contribution in [-0.2, 0) is 6.54 Å². The molecule has 0 bridgehead atoms. The van der Waals surface area contributed by atoms with Crippen molar-refractivity contribution in [2.24, 2.45) is 0 Å². The Bertz CT molecular complexity index is 458. The summed E-state index contributed by atoms with van der Waals surface area (Å²) in [4.78, 5) is 3.64. The van der Waals surface area contributed by atoms with E-state index in [9.17, 15) is 4.39 Å². The van der Waals surface area contributed by atoms with Crippen LogP contribution in [0.15, 0.2) is 34.7 Å². The molecule has 0 saturated heterocycles. The number of rotatable bonds is 3. The number of hydrogen-bond donors (Lipinski definition) is 1. The van der Waals surface area contributed by atoms with Crippen LogP contribution in [0.1, 0.15) is 5.76 Å². The second kappa shape index (κ2) is 4.31. The summed E-state index contributed by atoms with van der Waals surface area (Å²) in [6.45, 7) is 0.420. The highest BCUT2D eigenvalue weighted by Crippen LogP contribution is 2.14. The second-order valence-corrected chi connectivity index (χ2v) is 3.28. The normalized spacial score (nSPS) is 10.3. The molecule has 2 aromatic rings. The minimum Gasteiger partial charge on any atom is -0.448 e. The average molecular weight is 227 g/mol. The Labute approximate surface area is 90.9 Å². The molecule has 0 amide bonds. The largest absolute Gasteiger partial charge is 0.448 e. The van der Waals surface area contributed by atoms with E-state index in [0.717, 1.165) is 0 Å². The maximum atomic E-state index is 12.7. The van der Waals surface area contributed by atoms with Gasteiger partial charge in [-0.05, 0) is 35.9 Å². The van der Waals surface area contributed by atoms with Crippen LogP contribution in [0.4, 0.5) is 10.2 Å². The zero-order valence-electron chi connectivity index (χ0n) is 7.71. The van der Waals surface area contributed by atoms with Gasteiger partial charge < -0.3 is 9.73 Å². The minimum atomic E-state index is -0.516. The fraction of sp³-hybridized carbons (Fsp3) is 0.100. The molecule has 0 spiro atoms. The molecule has 0 aliphatic rings. The smallest absolute Gasteiger partial charge is 0.214 e. The van der Waals surface area contributed by atoms with Gasteiger partial charge in [0.1, 0.15) is 11.6 Å². The van der Waals surface area contributed by atoms with E-state index < -0.39 is 5.95 Å². The zero-order chi connectivity index (χ0) is 10.7. The van der Waals surface area contributed by atoms with Crippen LogP contribution in [0, 0.1) is 5.95 Å². The van der Waals surface area contributed by atoms with Gasteiger partial charge in [0.2, 0.25) is 5.95 Å². The highest BCUT2D eigenvalue weighted by atomic mass is 35.5. The summed E-state index contributed by atoms with van der Waals surface area (Å²) < 4.78 is 17.8. The number of pyridine rings is 1. The van der Waals surface area contributed by atoms with Gasteiger partial charge in [0.25, 0.3) is 0 Å². The van der Waals surface area contributed by atoms with Gasteiger partial charge in [-0.1, -0.05) is 6.07 Å². The molecule has 0 aliphatic carbocycles. The molecule has 2 heterocycles. The summed E-state index contributed by atoms with van der Waals surface area (Å²) in [5.74, 6) is 0.617. The first kappa shape index (κ1) is 9.98. The SMILES string of the molecule is Fc1cccc(NCc2ccc(Cl)o2)n1. The van der Waals surface area contributed by atoms with Gasteiger partial charge in [-0.3, -0.25) is 0 Å². The average Bonchev–Trinajstić information content (AvgIpc) is 2.62. The van der Waals surface area contributed by atoms with E-state index in [-0.39, 0.29) is 0 Å². The molecule has 0 radical (unpaired) electrons. The molecule has 5 heteroatoms. The van der Waals surface area contributed by atoms with E-state index in [1.54, 1.807) is 24.3 Å². The van der Waals surface area contributed by atoms with Gasteiger partial charge >= 0.3 is 0 Å². The first-order chi connectivity index (χ1) is 7.24. The number of hydrogen-bond acceptors (Lipinski definition) is 3. The number of halogens is 2. The molecule has 3 nitrogen and oxygen atoms in total. The predicted octanol–water partition coefficient (Wildman–Crippen LogP) is 3.08. The van der Waals surface area contributed by atoms with Crippen molar-refractivity contribution in [2.45, 2.75) is 6.54 Å². The molecule has 0 aromatic carbocycles. The van der Waals surface area contributed by atoms with Crippen LogP contribution >= 0.6 is 11.6 Å². The van der Waals surface area contributed by atoms with E-state index in [4.69, 9.17) is 16.0 Å². The quantitative estimate of drug-likeness (QED) is 0.818. The number of furan rings is 1. The van der Waals surface area contributed by atoms with Crippen molar-refractivity contribution in [3.63, 3.8) is 0 Å². The molecule has 1 N–H and O–H groups in total. The molecule has 0 atom stereocenters. The molecule has 0 fully saturated rings. The third-order valence-corrected chi connectivity index (χ3v) is 1.99. The van der Waals surface area contributed by atoms with Crippen molar-refractivity contribution >= 4 is 17.4 Å². The molecule has 0 unspecified atom stereocenters. The summed E-state index contributed by atoms with van der Waals surface area (Å²) in [6.07, 6.45) is 0. The van der Waals surface area contributed by atoms with Crippen LogP contribution in [-0.4, -0.2) is 4.98 Å². The maximum absolute atomic E-state index is 12.7. The van der Waals surface area contributed by atoms with Crippen molar-refractivity contribution < 1.29 is 8.81 Å². The van der Waals surface area contributed by atoms with Crippen molar-refractivity contribution in [3.8, 4) is 0 Å². The first-order valence-corrected chi connectivity index (χ1v) is 4.72. The standard InChI is InChI=1S/C10H8ClFN2O/c11-8-5-4-7(15-8)6-13-10-3-1-2-9(12)14-10/h1-5H,6H2,(H,13,14). The number of nitrogens with one attached hydrogen (secondary N) is 1. The summed E-state index contributed by atoms with van der Waals surface area (Å²) in [7, 11) is 0. The van der Waals surface area contributed by atoms with Gasteiger partial charge in [0.15, 0.2) is 5.22 Å². The highest BCUT2D eigenvalue weighted by Gasteiger charge is 2.00. The Morgan fingerprint density at radius 3 is 2.87 bits per heavy atom. The lowest BCUT2D eigenvalue weighted by Crippen LogP contribution is -2.00. The zero-order valence-corrected chi connectivity index (χ0v) is 8.46. The third kappa shape index (κ3) is 2.70. The summed E-state index contributed by atoms with van der Waals surface area (Å²) >= 11 is 5.60. The van der Waals surface area contributed by atoms with E-state index in [2.05, 4.69) is 10.3 Å². The van der Waals surface area contributed by atoms with Crippen molar-refractivity contribution in [1.82, 2.24) is 4.98 Å². The fourth-order valence-corrected chi connectivity index (χ4v) is 1.29. The molecule has 15 heavy (non-hydrogen) atoms. The van der Waals surface area contributed by atoms with Crippen molar-refractivity contribution in [1.29, 1.82) is 0 Å². The summed E-state index contributed by atoms with van der Waals surface area (Å²) in [5.41, 5.74) is 0. The predicted molar refractivity (Wildman–Crippen MR) is 55.2 cm³/mol. The van der Waals surface area contributed by atoms with Gasteiger partial charge in [0, 0.05) is 0 Å². The molecular weight excluding hydrogens is 219 g/mol. The van der Waals surface area contributed by atoms with E-state index in [1.165, 1.54) is 6.07 Å². The van der Waals surface area contributed by atoms with Crippen molar-refractivity contribution in [2.75, 3.05) is 5.32 Å². The van der Waals surface area contributed by atoms with Gasteiger partial charge in [-0.15, -0.1) is 0 Å². The van der Waals surface area contributed by atoms with Gasteiger partial charge in [-0.25, -0.2) is 4.98 Å². The van der Waals surface area contributed by atoms with Crippen LogP contribution in [0.3, 0.4) is 0 Å². The maximum Gasteiger partial charge on any atom is 0.214 e. The minimum absolute atomic E-state index is 0.332. The molecule has 0 aliphatic heterocycles. The Hall–Kier alpha value is -1.55. The molecule has 2 rings (SSSR count). The van der Waals surface area contributed by atoms with E-state index in [0.29, 0.717) is 23.3 Å². The monoisotopic (exact) mass is 226 g/mol. The number of aromatic nitrogens is 1. The Morgan fingerprint density at radius 1 is 1.33 bits per heavy atom. The van der Waals surface area contributed by atoms with E-state index >= 15 is 0 Å². The fourth-order valence-electron chi connectivity index (χ4n) is 1.13. The lowest BCUT2D eigenvalue weighted by atomic mass is 10.4. The van der Waals surface area contributed by atoms with Crippen LogP contribution in [0.2, 0.25) is 5.22 Å². The second-order valence-electron chi connectivity index (χ2n) is 2.90. The Morgan fingerprint density at radius 2 is 2.20 bits per heavy atom.